The zero-order valence-corrected chi connectivity index (χ0v) is 13.7. The van der Waals surface area contributed by atoms with Crippen LogP contribution in [-0.2, 0) is 0 Å². The van der Waals surface area contributed by atoms with Crippen molar-refractivity contribution < 1.29 is 5.11 Å². The van der Waals surface area contributed by atoms with Crippen LogP contribution in [-0.4, -0.2) is 5.11 Å². The molecule has 0 radical (unpaired) electrons. The Bertz CT molecular complexity index is 836. The van der Waals surface area contributed by atoms with Crippen LogP contribution in [0, 0.1) is 11.3 Å². The lowest BCUT2D eigenvalue weighted by molar-refractivity contribution is 0.220. The van der Waals surface area contributed by atoms with Crippen LogP contribution in [0.4, 0.5) is 0 Å². The van der Waals surface area contributed by atoms with Gasteiger partial charge in [-0.05, 0) is 34.4 Å². The quantitative estimate of drug-likeness (QED) is 0.723. The van der Waals surface area contributed by atoms with Crippen molar-refractivity contribution in [3.63, 3.8) is 0 Å². The molecule has 0 bridgehead atoms. The van der Waals surface area contributed by atoms with Crippen LogP contribution in [0.1, 0.15) is 34.3 Å². The molecule has 0 aliphatic heterocycles. The first kappa shape index (κ1) is 16.3. The van der Waals surface area contributed by atoms with Gasteiger partial charge in [-0.15, -0.1) is 0 Å². The molecule has 0 saturated heterocycles. The summed E-state index contributed by atoms with van der Waals surface area (Å²) in [6, 6.07) is 26.7. The van der Waals surface area contributed by atoms with Crippen molar-refractivity contribution in [1.82, 2.24) is 0 Å². The lowest BCUT2D eigenvalue weighted by Gasteiger charge is -2.14. The highest BCUT2D eigenvalue weighted by atomic mass is 35.5. The standard InChI is InChI=1S/C21H16ClNO/c22-19-12-10-16(11-13-19)20(14-23)15-6-8-18(9-7-15)21(24)17-4-2-1-3-5-17/h1-13,20-21,24H/t20-,21+/m1/s1. The third-order valence-electron chi connectivity index (χ3n) is 4.03. The minimum absolute atomic E-state index is 0.356. The second kappa shape index (κ2) is 7.31. The van der Waals surface area contributed by atoms with E-state index in [1.54, 1.807) is 12.1 Å². The summed E-state index contributed by atoms with van der Waals surface area (Å²) in [4.78, 5) is 0. The Morgan fingerprint density at radius 3 is 1.71 bits per heavy atom. The van der Waals surface area contributed by atoms with E-state index in [0.717, 1.165) is 22.3 Å². The van der Waals surface area contributed by atoms with Crippen LogP contribution in [0.5, 0.6) is 0 Å². The molecule has 24 heavy (non-hydrogen) atoms. The van der Waals surface area contributed by atoms with Gasteiger partial charge in [0.25, 0.3) is 0 Å². The number of benzene rings is 3. The molecule has 0 heterocycles. The summed E-state index contributed by atoms with van der Waals surface area (Å²) in [7, 11) is 0. The Balaban J connectivity index is 1.85. The van der Waals surface area contributed by atoms with E-state index in [0.29, 0.717) is 5.02 Å². The van der Waals surface area contributed by atoms with Gasteiger partial charge >= 0.3 is 0 Å². The van der Waals surface area contributed by atoms with Crippen molar-refractivity contribution in [2.24, 2.45) is 0 Å². The fraction of sp³-hybridized carbons (Fsp3) is 0.0952. The summed E-state index contributed by atoms with van der Waals surface area (Å²) in [6.45, 7) is 0. The summed E-state index contributed by atoms with van der Waals surface area (Å²) in [6.07, 6.45) is -0.670. The molecule has 0 aromatic heterocycles. The van der Waals surface area contributed by atoms with E-state index >= 15 is 0 Å². The summed E-state index contributed by atoms with van der Waals surface area (Å²) in [5.74, 6) is -0.356. The Kier molecular flexibility index (Phi) is 4.96. The molecular formula is C21H16ClNO. The average molecular weight is 334 g/mol. The number of aliphatic hydroxyl groups excluding tert-OH is 1. The van der Waals surface area contributed by atoms with Crippen LogP contribution >= 0.6 is 11.6 Å². The van der Waals surface area contributed by atoms with Gasteiger partial charge in [-0.2, -0.15) is 5.26 Å². The molecule has 0 fully saturated rings. The highest BCUT2D eigenvalue weighted by Crippen LogP contribution is 2.28. The van der Waals surface area contributed by atoms with Gasteiger partial charge in [0.2, 0.25) is 0 Å². The number of nitrogens with zero attached hydrogens (tertiary/aromatic N) is 1. The van der Waals surface area contributed by atoms with Crippen LogP contribution < -0.4 is 0 Å². The van der Waals surface area contributed by atoms with Crippen molar-refractivity contribution in [2.75, 3.05) is 0 Å². The lowest BCUT2D eigenvalue weighted by atomic mass is 9.91. The van der Waals surface area contributed by atoms with Gasteiger partial charge in [-0.3, -0.25) is 0 Å². The molecule has 0 saturated carbocycles. The van der Waals surface area contributed by atoms with Crippen molar-refractivity contribution in [2.45, 2.75) is 12.0 Å². The highest BCUT2D eigenvalue weighted by molar-refractivity contribution is 6.30. The smallest absolute Gasteiger partial charge is 0.104 e. The molecule has 0 spiro atoms. The first-order chi connectivity index (χ1) is 11.7. The Labute approximate surface area is 146 Å². The van der Waals surface area contributed by atoms with E-state index in [9.17, 15) is 10.4 Å². The largest absolute Gasteiger partial charge is 0.384 e. The first-order valence-electron chi connectivity index (χ1n) is 7.67. The minimum Gasteiger partial charge on any atom is -0.384 e. The lowest BCUT2D eigenvalue weighted by Crippen LogP contribution is -2.02. The second-order valence-electron chi connectivity index (χ2n) is 5.59. The van der Waals surface area contributed by atoms with Crippen LogP contribution in [0.25, 0.3) is 0 Å². The molecule has 3 aromatic carbocycles. The molecule has 3 rings (SSSR count). The van der Waals surface area contributed by atoms with E-state index < -0.39 is 6.10 Å². The predicted octanol–water partition coefficient (Wildman–Crippen LogP) is 5.08. The molecule has 0 aliphatic carbocycles. The number of aliphatic hydroxyl groups is 1. The molecule has 0 aliphatic rings. The monoisotopic (exact) mass is 333 g/mol. The maximum Gasteiger partial charge on any atom is 0.104 e. The fourth-order valence-electron chi connectivity index (χ4n) is 2.70. The topological polar surface area (TPSA) is 44.0 Å². The van der Waals surface area contributed by atoms with Gasteiger partial charge in [0, 0.05) is 5.02 Å². The van der Waals surface area contributed by atoms with Crippen molar-refractivity contribution in [1.29, 1.82) is 5.26 Å². The number of nitriles is 1. The second-order valence-corrected chi connectivity index (χ2v) is 6.03. The molecule has 2 atom stereocenters. The molecule has 3 heteroatoms. The van der Waals surface area contributed by atoms with Crippen molar-refractivity contribution >= 4 is 11.6 Å². The molecule has 2 nitrogen and oxygen atoms in total. The molecule has 1 N–H and O–H groups in total. The van der Waals surface area contributed by atoms with Gasteiger partial charge in [0.05, 0.1) is 12.0 Å². The Morgan fingerprint density at radius 1 is 0.708 bits per heavy atom. The van der Waals surface area contributed by atoms with E-state index in [2.05, 4.69) is 6.07 Å². The fourth-order valence-corrected chi connectivity index (χ4v) is 2.82. The molecular weight excluding hydrogens is 318 g/mol. The van der Waals surface area contributed by atoms with Crippen LogP contribution in [0.2, 0.25) is 5.02 Å². The van der Waals surface area contributed by atoms with E-state index in [4.69, 9.17) is 11.6 Å². The van der Waals surface area contributed by atoms with Crippen molar-refractivity contribution in [3.8, 4) is 6.07 Å². The van der Waals surface area contributed by atoms with E-state index in [1.165, 1.54) is 0 Å². The third kappa shape index (κ3) is 3.49. The Morgan fingerprint density at radius 2 is 1.17 bits per heavy atom. The summed E-state index contributed by atoms with van der Waals surface area (Å²) >= 11 is 5.91. The number of hydrogen-bond donors (Lipinski definition) is 1. The maximum atomic E-state index is 10.4. The number of hydrogen-bond acceptors (Lipinski definition) is 2. The average Bonchev–Trinajstić information content (AvgIpc) is 2.64. The van der Waals surface area contributed by atoms with Gasteiger partial charge in [-0.25, -0.2) is 0 Å². The third-order valence-corrected chi connectivity index (χ3v) is 4.29. The summed E-state index contributed by atoms with van der Waals surface area (Å²) in [5, 5.41) is 20.6. The maximum absolute atomic E-state index is 10.4. The number of rotatable bonds is 4. The summed E-state index contributed by atoms with van der Waals surface area (Å²) in [5.41, 5.74) is 3.44. The van der Waals surface area contributed by atoms with Gasteiger partial charge in [0.1, 0.15) is 6.10 Å². The molecule has 0 amide bonds. The Hall–Kier alpha value is -2.60. The number of halogens is 1. The molecule has 3 aromatic rings. The van der Waals surface area contributed by atoms with Gasteiger partial charge in [-0.1, -0.05) is 78.3 Å². The molecule has 118 valence electrons. The van der Waals surface area contributed by atoms with E-state index in [1.807, 2.05) is 66.7 Å². The van der Waals surface area contributed by atoms with Gasteiger partial charge in [0.15, 0.2) is 0 Å². The molecule has 0 unspecified atom stereocenters. The van der Waals surface area contributed by atoms with E-state index in [-0.39, 0.29) is 5.92 Å². The normalized spacial score (nSPS) is 13.0. The predicted molar refractivity (Wildman–Crippen MR) is 95.9 cm³/mol. The zero-order chi connectivity index (χ0) is 16.9. The highest BCUT2D eigenvalue weighted by Gasteiger charge is 2.15. The first-order valence-corrected chi connectivity index (χ1v) is 8.05. The van der Waals surface area contributed by atoms with Gasteiger partial charge < -0.3 is 5.11 Å². The summed E-state index contributed by atoms with van der Waals surface area (Å²) < 4.78 is 0. The van der Waals surface area contributed by atoms with Crippen LogP contribution in [0.3, 0.4) is 0 Å². The zero-order valence-electron chi connectivity index (χ0n) is 12.9. The SMILES string of the molecule is N#C[C@@H](c1ccc(Cl)cc1)c1ccc([C@@H](O)c2ccccc2)cc1. The van der Waals surface area contributed by atoms with Crippen molar-refractivity contribution in [3.05, 3.63) is 106 Å². The minimum atomic E-state index is -0.670. The van der Waals surface area contributed by atoms with Crippen LogP contribution in [0.15, 0.2) is 78.9 Å².